The zero-order valence-corrected chi connectivity index (χ0v) is 8.52. The van der Waals surface area contributed by atoms with Gasteiger partial charge in [-0.3, -0.25) is 0 Å². The second-order valence-corrected chi connectivity index (χ2v) is 3.65. The molecule has 77 valence electrons. The second kappa shape index (κ2) is 3.49. The molecule has 0 atom stereocenters. The van der Waals surface area contributed by atoms with Gasteiger partial charge in [0.1, 0.15) is 5.82 Å². The molecule has 0 saturated heterocycles. The van der Waals surface area contributed by atoms with E-state index in [1.807, 2.05) is 41.1 Å². The Morgan fingerprint density at radius 2 is 2.06 bits per heavy atom. The minimum absolute atomic E-state index is 0.223. The first-order valence-corrected chi connectivity index (χ1v) is 5.08. The van der Waals surface area contributed by atoms with E-state index in [9.17, 15) is 4.39 Å². The van der Waals surface area contributed by atoms with Crippen molar-refractivity contribution in [1.29, 1.82) is 0 Å². The highest BCUT2D eigenvalue weighted by molar-refractivity contribution is 5.81. The Morgan fingerprint density at radius 1 is 1.12 bits per heavy atom. The minimum atomic E-state index is -0.223. The van der Waals surface area contributed by atoms with Crippen LogP contribution in [0.1, 0.15) is 0 Å². The molecule has 0 bridgehead atoms. The Bertz CT molecular complexity index is 640. The third kappa shape index (κ3) is 1.39. The lowest BCUT2D eigenvalue weighted by atomic mass is 10.2. The monoisotopic (exact) mass is 210 g/mol. The summed E-state index contributed by atoms with van der Waals surface area (Å²) in [5, 5.41) is 1.13. The fourth-order valence-corrected chi connectivity index (χ4v) is 1.87. The van der Waals surface area contributed by atoms with Gasteiger partial charge in [-0.25, -0.2) is 4.39 Å². The van der Waals surface area contributed by atoms with Crippen molar-refractivity contribution in [2.45, 2.75) is 0 Å². The normalized spacial score (nSPS) is 10.8. The van der Waals surface area contributed by atoms with E-state index in [1.165, 1.54) is 12.1 Å². The van der Waals surface area contributed by atoms with Crippen LogP contribution in [0.3, 0.4) is 0 Å². The summed E-state index contributed by atoms with van der Waals surface area (Å²) in [7, 11) is 0. The number of nitrogens with zero attached hydrogens (tertiary/aromatic N) is 1. The molecule has 0 saturated carbocycles. The second-order valence-electron chi connectivity index (χ2n) is 3.65. The quantitative estimate of drug-likeness (QED) is 0.578. The Hall–Kier alpha value is -2.09. The van der Waals surface area contributed by atoms with Gasteiger partial charge in [0.05, 0.1) is 5.52 Å². The topological polar surface area (TPSA) is 4.93 Å². The van der Waals surface area contributed by atoms with E-state index in [2.05, 4.69) is 6.07 Å². The van der Waals surface area contributed by atoms with Gasteiger partial charge < -0.3 is 4.57 Å². The van der Waals surface area contributed by atoms with E-state index in [0.29, 0.717) is 0 Å². The molecule has 3 rings (SSSR count). The lowest BCUT2D eigenvalue weighted by molar-refractivity contribution is 0.627. The third-order valence-corrected chi connectivity index (χ3v) is 2.62. The number of benzene rings is 2. The molecule has 0 aliphatic heterocycles. The molecular weight excluding hydrogens is 201 g/mol. The van der Waals surface area contributed by atoms with E-state index in [0.717, 1.165) is 16.6 Å². The molecule has 2 heteroatoms. The van der Waals surface area contributed by atoms with Gasteiger partial charge in [0, 0.05) is 11.9 Å². The van der Waals surface area contributed by atoms with Crippen LogP contribution in [0, 0.1) is 11.9 Å². The van der Waals surface area contributed by atoms with Gasteiger partial charge in [0.2, 0.25) is 0 Å². The Balaban J connectivity index is 2.26. The standard InChI is InChI=1S/C14H9FN/c15-12-5-3-6-13(10-12)16-9-8-11-4-1-2-7-14(11)16/h1,3-10H. The maximum Gasteiger partial charge on any atom is 0.125 e. The van der Waals surface area contributed by atoms with Gasteiger partial charge in [-0.1, -0.05) is 18.2 Å². The number of hydrogen-bond donors (Lipinski definition) is 0. The number of aromatic nitrogens is 1. The largest absolute Gasteiger partial charge is 0.316 e. The number of fused-ring (bicyclic) bond motifs is 1. The molecule has 2 aromatic carbocycles. The van der Waals surface area contributed by atoms with E-state index in [4.69, 9.17) is 0 Å². The van der Waals surface area contributed by atoms with E-state index in [-0.39, 0.29) is 5.82 Å². The maximum atomic E-state index is 13.1. The molecule has 0 unspecified atom stereocenters. The predicted molar refractivity (Wildman–Crippen MR) is 62.1 cm³/mol. The van der Waals surface area contributed by atoms with Crippen molar-refractivity contribution in [1.82, 2.24) is 4.57 Å². The highest BCUT2D eigenvalue weighted by Crippen LogP contribution is 2.20. The van der Waals surface area contributed by atoms with Gasteiger partial charge in [-0.15, -0.1) is 0 Å². The fourth-order valence-electron chi connectivity index (χ4n) is 1.87. The van der Waals surface area contributed by atoms with Crippen LogP contribution >= 0.6 is 0 Å². The molecule has 3 aromatic rings. The van der Waals surface area contributed by atoms with Crippen LogP contribution in [0.5, 0.6) is 0 Å². The van der Waals surface area contributed by atoms with Crippen LogP contribution < -0.4 is 0 Å². The van der Waals surface area contributed by atoms with Crippen molar-refractivity contribution in [2.24, 2.45) is 0 Å². The van der Waals surface area contributed by atoms with Crippen LogP contribution in [-0.2, 0) is 0 Å². The highest BCUT2D eigenvalue weighted by atomic mass is 19.1. The van der Waals surface area contributed by atoms with E-state index >= 15 is 0 Å². The van der Waals surface area contributed by atoms with Gasteiger partial charge in [-0.05, 0) is 41.8 Å². The van der Waals surface area contributed by atoms with Crippen molar-refractivity contribution in [3.05, 3.63) is 66.6 Å². The molecule has 1 nitrogen and oxygen atoms in total. The zero-order valence-electron chi connectivity index (χ0n) is 8.52. The lowest BCUT2D eigenvalue weighted by Crippen LogP contribution is -1.91. The van der Waals surface area contributed by atoms with Crippen LogP contribution in [0.25, 0.3) is 16.6 Å². The van der Waals surface area contributed by atoms with Crippen LogP contribution in [0.4, 0.5) is 4.39 Å². The summed E-state index contributed by atoms with van der Waals surface area (Å²) in [6, 6.07) is 17.4. The van der Waals surface area contributed by atoms with Gasteiger partial charge in [-0.2, -0.15) is 0 Å². The Labute approximate surface area is 92.8 Å². The molecule has 0 N–H and O–H groups in total. The Kier molecular flexibility index (Phi) is 2.00. The number of rotatable bonds is 1. The molecule has 1 radical (unpaired) electrons. The van der Waals surface area contributed by atoms with Crippen molar-refractivity contribution < 1.29 is 4.39 Å². The number of halogens is 1. The summed E-state index contributed by atoms with van der Waals surface area (Å²) < 4.78 is 15.1. The molecule has 1 heterocycles. The maximum absolute atomic E-state index is 13.1. The van der Waals surface area contributed by atoms with Gasteiger partial charge >= 0.3 is 0 Å². The molecule has 0 amide bonds. The first-order valence-electron chi connectivity index (χ1n) is 5.08. The van der Waals surface area contributed by atoms with E-state index < -0.39 is 0 Å². The average molecular weight is 210 g/mol. The molecule has 1 aromatic heterocycles. The van der Waals surface area contributed by atoms with Crippen LogP contribution in [-0.4, -0.2) is 4.57 Å². The lowest BCUT2D eigenvalue weighted by Gasteiger charge is -2.04. The van der Waals surface area contributed by atoms with Crippen LogP contribution in [0.2, 0.25) is 0 Å². The predicted octanol–water partition coefficient (Wildman–Crippen LogP) is 3.57. The SMILES string of the molecule is Fc1cccc(-n2ccc3cc[c]cc32)c1. The average Bonchev–Trinajstić information content (AvgIpc) is 2.72. The molecule has 0 fully saturated rings. The smallest absolute Gasteiger partial charge is 0.125 e. The van der Waals surface area contributed by atoms with Crippen molar-refractivity contribution in [3.8, 4) is 5.69 Å². The van der Waals surface area contributed by atoms with Crippen molar-refractivity contribution >= 4 is 10.9 Å². The number of hydrogen-bond acceptors (Lipinski definition) is 0. The summed E-state index contributed by atoms with van der Waals surface area (Å²) in [5.41, 5.74) is 1.86. The van der Waals surface area contributed by atoms with Crippen molar-refractivity contribution in [2.75, 3.05) is 0 Å². The minimum Gasteiger partial charge on any atom is -0.316 e. The summed E-state index contributed by atoms with van der Waals surface area (Å²) in [6.07, 6.45) is 1.94. The fraction of sp³-hybridized carbons (Fsp3) is 0. The van der Waals surface area contributed by atoms with Crippen molar-refractivity contribution in [3.63, 3.8) is 0 Å². The van der Waals surface area contributed by atoms with E-state index in [1.54, 1.807) is 6.07 Å². The summed E-state index contributed by atoms with van der Waals surface area (Å²) in [4.78, 5) is 0. The Morgan fingerprint density at radius 3 is 2.94 bits per heavy atom. The third-order valence-electron chi connectivity index (χ3n) is 2.62. The molecule has 0 spiro atoms. The highest BCUT2D eigenvalue weighted by Gasteiger charge is 2.02. The summed E-state index contributed by atoms with van der Waals surface area (Å²) in [5.74, 6) is -0.223. The van der Waals surface area contributed by atoms with Gasteiger partial charge in [0.25, 0.3) is 0 Å². The van der Waals surface area contributed by atoms with Gasteiger partial charge in [0.15, 0.2) is 0 Å². The summed E-state index contributed by atoms with van der Waals surface area (Å²) >= 11 is 0. The molecular formula is C14H9FN. The summed E-state index contributed by atoms with van der Waals surface area (Å²) in [6.45, 7) is 0. The molecule has 0 aliphatic rings. The zero-order chi connectivity index (χ0) is 11.0. The first kappa shape index (κ1) is 9.16. The first-order chi connectivity index (χ1) is 7.84. The van der Waals surface area contributed by atoms with Crippen LogP contribution in [0.15, 0.2) is 54.7 Å². The molecule has 0 aliphatic carbocycles. The molecule has 16 heavy (non-hydrogen) atoms.